The Balaban J connectivity index is 4.71. The second-order valence-corrected chi connectivity index (χ2v) is 6.12. The molecule has 0 aliphatic heterocycles. The number of guanidine groups is 1. The lowest BCUT2D eigenvalue weighted by Gasteiger charge is -2.24. The van der Waals surface area contributed by atoms with Crippen molar-refractivity contribution in [2.75, 3.05) is 19.6 Å². The first-order valence-electron chi connectivity index (χ1n) is 7.57. The Hall–Kier alpha value is -1.26. The quantitative estimate of drug-likeness (QED) is 0.493. The highest BCUT2D eigenvalue weighted by atomic mass is 16.2. The molecule has 0 aromatic rings. The Morgan fingerprint density at radius 3 is 2.10 bits per heavy atom. The average Bonchev–Trinajstić information content (AvgIpc) is 2.36. The largest absolute Gasteiger partial charge is 0.357 e. The van der Waals surface area contributed by atoms with Crippen molar-refractivity contribution < 1.29 is 4.79 Å². The molecule has 1 amide bonds. The average molecular weight is 284 g/mol. The molecule has 118 valence electrons. The topological polar surface area (TPSA) is 65.5 Å². The van der Waals surface area contributed by atoms with Crippen LogP contribution < -0.4 is 16.0 Å². The molecule has 0 heterocycles. The van der Waals surface area contributed by atoms with Gasteiger partial charge in [0.1, 0.15) is 0 Å². The predicted molar refractivity (Wildman–Crippen MR) is 85.9 cm³/mol. The van der Waals surface area contributed by atoms with Crippen LogP contribution in [-0.2, 0) is 4.79 Å². The molecule has 0 saturated heterocycles. The Bertz CT molecular complexity index is 324. The number of carbonyl (C=O) groups is 1. The van der Waals surface area contributed by atoms with Crippen LogP contribution in [-0.4, -0.2) is 37.5 Å². The van der Waals surface area contributed by atoms with Crippen LogP contribution in [0.3, 0.4) is 0 Å². The highest BCUT2D eigenvalue weighted by molar-refractivity contribution is 5.83. The lowest BCUT2D eigenvalue weighted by molar-refractivity contribution is -0.128. The maximum absolute atomic E-state index is 11.9. The van der Waals surface area contributed by atoms with Gasteiger partial charge in [0.15, 0.2) is 5.96 Å². The van der Waals surface area contributed by atoms with Crippen LogP contribution in [0.4, 0.5) is 0 Å². The van der Waals surface area contributed by atoms with Crippen molar-refractivity contribution in [3.05, 3.63) is 0 Å². The van der Waals surface area contributed by atoms with E-state index in [0.29, 0.717) is 25.0 Å². The number of nitrogens with one attached hydrogen (secondary N) is 3. The molecule has 20 heavy (non-hydrogen) atoms. The molecule has 5 nitrogen and oxygen atoms in total. The van der Waals surface area contributed by atoms with Gasteiger partial charge < -0.3 is 16.0 Å². The van der Waals surface area contributed by atoms with Crippen molar-refractivity contribution >= 4 is 11.9 Å². The zero-order valence-corrected chi connectivity index (χ0v) is 14.1. The van der Waals surface area contributed by atoms with E-state index in [0.717, 1.165) is 12.5 Å². The first-order valence-corrected chi connectivity index (χ1v) is 7.57. The molecule has 0 saturated carbocycles. The number of carbonyl (C=O) groups excluding carboxylic acids is 1. The first-order chi connectivity index (χ1) is 9.24. The van der Waals surface area contributed by atoms with Gasteiger partial charge in [0.05, 0.1) is 12.0 Å². The fraction of sp³-hybridized carbons (Fsp3) is 0.867. The van der Waals surface area contributed by atoms with Gasteiger partial charge >= 0.3 is 0 Å². The fourth-order valence-corrected chi connectivity index (χ4v) is 1.45. The third-order valence-electron chi connectivity index (χ3n) is 3.29. The van der Waals surface area contributed by atoms with Crippen LogP contribution in [0.15, 0.2) is 4.99 Å². The molecule has 0 fully saturated rings. The minimum absolute atomic E-state index is 0.0384. The number of hydrogen-bond acceptors (Lipinski definition) is 2. The Labute approximate surface area is 124 Å². The van der Waals surface area contributed by atoms with Gasteiger partial charge in [-0.1, -0.05) is 13.8 Å². The summed E-state index contributed by atoms with van der Waals surface area (Å²) in [6.07, 6.45) is 0. The van der Waals surface area contributed by atoms with Gasteiger partial charge in [0.2, 0.25) is 5.91 Å². The Morgan fingerprint density at radius 2 is 1.65 bits per heavy atom. The van der Waals surface area contributed by atoms with E-state index < -0.39 is 5.41 Å². The van der Waals surface area contributed by atoms with Gasteiger partial charge in [-0.2, -0.15) is 0 Å². The lowest BCUT2D eigenvalue weighted by Crippen LogP contribution is -2.45. The van der Waals surface area contributed by atoms with Gasteiger partial charge in [0, 0.05) is 19.1 Å². The summed E-state index contributed by atoms with van der Waals surface area (Å²) in [5.41, 5.74) is -0.501. The SMILES string of the molecule is CCNC(=O)C(C)(C)CN=C(NCC)NC(C)C(C)C. The van der Waals surface area contributed by atoms with Gasteiger partial charge in [0.25, 0.3) is 0 Å². The molecule has 3 N–H and O–H groups in total. The van der Waals surface area contributed by atoms with Gasteiger partial charge in [-0.3, -0.25) is 9.79 Å². The molecular weight excluding hydrogens is 252 g/mol. The van der Waals surface area contributed by atoms with E-state index in [1.807, 2.05) is 27.7 Å². The van der Waals surface area contributed by atoms with E-state index in [1.54, 1.807) is 0 Å². The maximum Gasteiger partial charge on any atom is 0.227 e. The van der Waals surface area contributed by atoms with E-state index in [1.165, 1.54) is 0 Å². The highest BCUT2D eigenvalue weighted by Crippen LogP contribution is 2.15. The van der Waals surface area contributed by atoms with Crippen LogP contribution in [0.2, 0.25) is 0 Å². The third kappa shape index (κ3) is 6.78. The van der Waals surface area contributed by atoms with Crippen LogP contribution in [0.1, 0.15) is 48.5 Å². The number of nitrogens with zero attached hydrogens (tertiary/aromatic N) is 1. The Morgan fingerprint density at radius 1 is 1.10 bits per heavy atom. The van der Waals surface area contributed by atoms with Crippen molar-refractivity contribution in [3.63, 3.8) is 0 Å². The molecule has 0 bridgehead atoms. The molecule has 0 aliphatic rings. The van der Waals surface area contributed by atoms with E-state index in [-0.39, 0.29) is 5.91 Å². The van der Waals surface area contributed by atoms with Crippen molar-refractivity contribution in [2.45, 2.75) is 54.5 Å². The zero-order valence-electron chi connectivity index (χ0n) is 14.1. The lowest BCUT2D eigenvalue weighted by atomic mass is 9.92. The van der Waals surface area contributed by atoms with Crippen molar-refractivity contribution in [1.82, 2.24) is 16.0 Å². The molecular formula is C15H32N4O. The van der Waals surface area contributed by atoms with Crippen molar-refractivity contribution in [2.24, 2.45) is 16.3 Å². The van der Waals surface area contributed by atoms with Crippen molar-refractivity contribution in [3.8, 4) is 0 Å². The zero-order chi connectivity index (χ0) is 15.8. The molecule has 0 aliphatic carbocycles. The normalized spacial score (nSPS) is 14.1. The molecule has 0 aromatic carbocycles. The smallest absolute Gasteiger partial charge is 0.227 e. The molecule has 0 radical (unpaired) electrons. The summed E-state index contributed by atoms with van der Waals surface area (Å²) < 4.78 is 0. The molecule has 5 heteroatoms. The van der Waals surface area contributed by atoms with E-state index in [4.69, 9.17) is 0 Å². The summed E-state index contributed by atoms with van der Waals surface area (Å²) in [5, 5.41) is 9.44. The number of hydrogen-bond donors (Lipinski definition) is 3. The van der Waals surface area contributed by atoms with E-state index in [9.17, 15) is 4.79 Å². The molecule has 1 atom stereocenters. The summed E-state index contributed by atoms with van der Waals surface area (Å²) in [6, 6.07) is 0.334. The molecule has 0 rings (SSSR count). The van der Waals surface area contributed by atoms with Crippen LogP contribution in [0.5, 0.6) is 0 Å². The van der Waals surface area contributed by atoms with E-state index >= 15 is 0 Å². The van der Waals surface area contributed by atoms with Crippen LogP contribution in [0, 0.1) is 11.3 Å². The number of aliphatic imine (C=N–C) groups is 1. The molecule has 0 spiro atoms. The minimum atomic E-state index is -0.501. The monoisotopic (exact) mass is 284 g/mol. The summed E-state index contributed by atoms with van der Waals surface area (Å²) in [5.74, 6) is 1.33. The second kappa shape index (κ2) is 8.82. The highest BCUT2D eigenvalue weighted by Gasteiger charge is 2.27. The molecule has 0 aromatic heterocycles. The maximum atomic E-state index is 11.9. The van der Waals surface area contributed by atoms with Gasteiger partial charge in [-0.15, -0.1) is 0 Å². The van der Waals surface area contributed by atoms with Crippen LogP contribution in [0.25, 0.3) is 0 Å². The predicted octanol–water partition coefficient (Wildman–Crippen LogP) is 1.75. The number of rotatable bonds is 7. The minimum Gasteiger partial charge on any atom is -0.357 e. The number of amides is 1. The fourth-order valence-electron chi connectivity index (χ4n) is 1.45. The summed E-state index contributed by atoms with van der Waals surface area (Å²) in [6.45, 7) is 16.2. The van der Waals surface area contributed by atoms with Crippen molar-refractivity contribution in [1.29, 1.82) is 0 Å². The van der Waals surface area contributed by atoms with Gasteiger partial charge in [-0.05, 0) is 40.5 Å². The van der Waals surface area contributed by atoms with Gasteiger partial charge in [-0.25, -0.2) is 0 Å². The first kappa shape index (κ1) is 18.7. The summed E-state index contributed by atoms with van der Waals surface area (Å²) in [7, 11) is 0. The third-order valence-corrected chi connectivity index (χ3v) is 3.29. The standard InChI is InChI=1S/C15H32N4O/c1-8-16-13(20)15(6,7)10-18-14(17-9-2)19-12(5)11(3)4/h11-12H,8-10H2,1-7H3,(H,16,20)(H2,17,18,19). The summed E-state index contributed by atoms with van der Waals surface area (Å²) >= 11 is 0. The molecule has 1 unspecified atom stereocenters. The Kier molecular flexibility index (Phi) is 8.26. The van der Waals surface area contributed by atoms with Crippen LogP contribution >= 0.6 is 0 Å². The second-order valence-electron chi connectivity index (χ2n) is 6.12. The summed E-state index contributed by atoms with van der Waals surface area (Å²) in [4.78, 5) is 16.5. The van der Waals surface area contributed by atoms with E-state index in [2.05, 4.69) is 41.7 Å².